The van der Waals surface area contributed by atoms with Gasteiger partial charge in [0.25, 0.3) is 0 Å². The lowest BCUT2D eigenvalue weighted by atomic mass is 10.0. The first kappa shape index (κ1) is 16.2. The summed E-state index contributed by atoms with van der Waals surface area (Å²) in [7, 11) is 0. The lowest BCUT2D eigenvalue weighted by Crippen LogP contribution is -2.11. The maximum atomic E-state index is 6.08. The Hall–Kier alpha value is -0.770. The van der Waals surface area contributed by atoms with Crippen LogP contribution in [0.15, 0.2) is 24.3 Å². The second kappa shape index (κ2) is 9.28. The predicted octanol–water partition coefficient (Wildman–Crippen LogP) is 2.64. The fourth-order valence-corrected chi connectivity index (χ4v) is 1.65. The predicted molar refractivity (Wildman–Crippen MR) is 74.7 cm³/mol. The van der Waals surface area contributed by atoms with Crippen LogP contribution in [0.5, 0.6) is 5.75 Å². The molecule has 4 N–H and O–H groups in total. The van der Waals surface area contributed by atoms with E-state index in [1.807, 2.05) is 31.2 Å². The third kappa shape index (κ3) is 5.91. The molecule has 1 atom stereocenters. The molecular weight excluding hydrogens is 236 g/mol. The highest BCUT2D eigenvalue weighted by Crippen LogP contribution is 2.19. The molecule has 0 aromatic heterocycles. The second-order valence-electron chi connectivity index (χ2n) is 3.89. The summed E-state index contributed by atoms with van der Waals surface area (Å²) >= 11 is 0. The maximum Gasteiger partial charge on any atom is 0.119 e. The average molecular weight is 259 g/mol. The Morgan fingerprint density at radius 3 is 2.35 bits per heavy atom. The van der Waals surface area contributed by atoms with E-state index in [-0.39, 0.29) is 18.4 Å². The van der Waals surface area contributed by atoms with Crippen LogP contribution in [-0.4, -0.2) is 13.2 Å². The van der Waals surface area contributed by atoms with Gasteiger partial charge in [0.2, 0.25) is 0 Å². The molecule has 1 aromatic carbocycles. The highest BCUT2D eigenvalue weighted by Gasteiger charge is 2.05. The highest BCUT2D eigenvalue weighted by atomic mass is 35.5. The van der Waals surface area contributed by atoms with Gasteiger partial charge in [-0.25, -0.2) is 0 Å². The Morgan fingerprint density at radius 2 is 1.82 bits per heavy atom. The summed E-state index contributed by atoms with van der Waals surface area (Å²) in [5.74, 6) is 0.903. The van der Waals surface area contributed by atoms with Gasteiger partial charge in [0.15, 0.2) is 0 Å². The summed E-state index contributed by atoms with van der Waals surface area (Å²) in [5, 5.41) is 0. The standard InChI is InChI=1S/C13H22N2O.ClH/c1-2-16-12-8-6-11(7-9-12)13(15)5-3-4-10-14;/h6-9,13H,2-5,10,14-15H2,1H3;1H/t13-;/m0./s1. The number of hydrogen-bond acceptors (Lipinski definition) is 3. The van der Waals surface area contributed by atoms with Crippen LogP contribution in [-0.2, 0) is 0 Å². The van der Waals surface area contributed by atoms with Gasteiger partial charge in [0.05, 0.1) is 6.61 Å². The number of ether oxygens (including phenoxy) is 1. The van der Waals surface area contributed by atoms with Gasteiger partial charge in [-0.2, -0.15) is 0 Å². The van der Waals surface area contributed by atoms with E-state index in [1.165, 1.54) is 5.56 Å². The van der Waals surface area contributed by atoms with Crippen molar-refractivity contribution in [3.05, 3.63) is 29.8 Å². The Balaban J connectivity index is 0.00000256. The Labute approximate surface area is 110 Å². The molecule has 0 amide bonds. The summed E-state index contributed by atoms with van der Waals surface area (Å²) in [4.78, 5) is 0. The lowest BCUT2D eigenvalue weighted by molar-refractivity contribution is 0.340. The van der Waals surface area contributed by atoms with E-state index >= 15 is 0 Å². The molecule has 1 aromatic rings. The molecule has 0 spiro atoms. The van der Waals surface area contributed by atoms with Gasteiger partial charge in [-0.3, -0.25) is 0 Å². The van der Waals surface area contributed by atoms with Crippen molar-refractivity contribution in [3.63, 3.8) is 0 Å². The van der Waals surface area contributed by atoms with Gasteiger partial charge in [-0.05, 0) is 44.0 Å². The Morgan fingerprint density at radius 1 is 1.18 bits per heavy atom. The molecule has 0 fully saturated rings. The van der Waals surface area contributed by atoms with Crippen molar-refractivity contribution in [2.75, 3.05) is 13.2 Å². The summed E-state index contributed by atoms with van der Waals surface area (Å²) < 4.78 is 5.38. The van der Waals surface area contributed by atoms with Crippen LogP contribution in [0.2, 0.25) is 0 Å². The fourth-order valence-electron chi connectivity index (χ4n) is 1.65. The van der Waals surface area contributed by atoms with Gasteiger partial charge in [0, 0.05) is 6.04 Å². The minimum absolute atomic E-state index is 0. The number of hydrogen-bond donors (Lipinski definition) is 2. The minimum Gasteiger partial charge on any atom is -0.494 e. The normalized spacial score (nSPS) is 11.7. The van der Waals surface area contributed by atoms with Gasteiger partial charge in [-0.15, -0.1) is 12.4 Å². The molecular formula is C13H23ClN2O. The monoisotopic (exact) mass is 258 g/mol. The molecule has 0 unspecified atom stereocenters. The largest absolute Gasteiger partial charge is 0.494 e. The van der Waals surface area contributed by atoms with Gasteiger partial charge < -0.3 is 16.2 Å². The van der Waals surface area contributed by atoms with Crippen molar-refractivity contribution >= 4 is 12.4 Å². The molecule has 0 bridgehead atoms. The maximum absolute atomic E-state index is 6.08. The summed E-state index contributed by atoms with van der Waals surface area (Å²) in [6, 6.07) is 8.14. The molecule has 0 heterocycles. The number of nitrogens with two attached hydrogens (primary N) is 2. The molecule has 0 aliphatic rings. The molecule has 0 aliphatic carbocycles. The second-order valence-corrected chi connectivity index (χ2v) is 3.89. The molecule has 3 nitrogen and oxygen atoms in total. The number of rotatable bonds is 7. The van der Waals surface area contributed by atoms with Crippen LogP contribution in [0.1, 0.15) is 37.8 Å². The molecule has 0 saturated carbocycles. The van der Waals surface area contributed by atoms with E-state index in [0.717, 1.165) is 31.6 Å². The van der Waals surface area contributed by atoms with Crippen LogP contribution in [0, 0.1) is 0 Å². The molecule has 0 radical (unpaired) electrons. The summed E-state index contributed by atoms with van der Waals surface area (Å²) in [6.07, 6.45) is 3.13. The van der Waals surface area contributed by atoms with E-state index < -0.39 is 0 Å². The Bertz CT molecular complexity index is 290. The highest BCUT2D eigenvalue weighted by molar-refractivity contribution is 5.85. The van der Waals surface area contributed by atoms with Crippen molar-refractivity contribution < 1.29 is 4.74 Å². The van der Waals surface area contributed by atoms with Gasteiger partial charge in [-0.1, -0.05) is 18.6 Å². The van der Waals surface area contributed by atoms with Crippen LogP contribution >= 0.6 is 12.4 Å². The molecule has 17 heavy (non-hydrogen) atoms. The first-order valence-electron chi connectivity index (χ1n) is 5.96. The van der Waals surface area contributed by atoms with Crippen molar-refractivity contribution in [1.82, 2.24) is 0 Å². The topological polar surface area (TPSA) is 61.3 Å². The van der Waals surface area contributed by atoms with E-state index in [2.05, 4.69) is 0 Å². The number of halogens is 1. The fraction of sp³-hybridized carbons (Fsp3) is 0.538. The van der Waals surface area contributed by atoms with Crippen molar-refractivity contribution in [3.8, 4) is 5.75 Å². The van der Waals surface area contributed by atoms with Crippen LogP contribution in [0.25, 0.3) is 0 Å². The number of benzene rings is 1. The third-order valence-corrected chi connectivity index (χ3v) is 2.59. The van der Waals surface area contributed by atoms with Crippen molar-refractivity contribution in [2.45, 2.75) is 32.2 Å². The van der Waals surface area contributed by atoms with E-state index in [1.54, 1.807) is 0 Å². The van der Waals surface area contributed by atoms with Crippen LogP contribution in [0.4, 0.5) is 0 Å². The minimum atomic E-state index is 0. The summed E-state index contributed by atoms with van der Waals surface area (Å²) in [5.41, 5.74) is 12.7. The quantitative estimate of drug-likeness (QED) is 0.739. The van der Waals surface area contributed by atoms with Crippen LogP contribution < -0.4 is 16.2 Å². The van der Waals surface area contributed by atoms with Crippen LogP contribution in [0.3, 0.4) is 0 Å². The van der Waals surface area contributed by atoms with Gasteiger partial charge >= 0.3 is 0 Å². The first-order valence-corrected chi connectivity index (χ1v) is 5.96. The SMILES string of the molecule is CCOc1ccc([C@@H](N)CCCCN)cc1.Cl. The lowest BCUT2D eigenvalue weighted by Gasteiger charge is -2.12. The van der Waals surface area contributed by atoms with Crippen molar-refractivity contribution in [1.29, 1.82) is 0 Å². The Kier molecular flexibility index (Phi) is 8.86. The van der Waals surface area contributed by atoms with E-state index in [9.17, 15) is 0 Å². The molecule has 0 aliphatic heterocycles. The first-order chi connectivity index (χ1) is 7.77. The van der Waals surface area contributed by atoms with E-state index in [0.29, 0.717) is 6.61 Å². The third-order valence-electron chi connectivity index (χ3n) is 2.59. The summed E-state index contributed by atoms with van der Waals surface area (Å²) in [6.45, 7) is 3.42. The molecule has 1 rings (SSSR count). The average Bonchev–Trinajstić information content (AvgIpc) is 2.30. The van der Waals surface area contributed by atoms with E-state index in [4.69, 9.17) is 16.2 Å². The molecule has 4 heteroatoms. The zero-order chi connectivity index (χ0) is 11.8. The smallest absolute Gasteiger partial charge is 0.119 e. The molecule has 98 valence electrons. The van der Waals surface area contributed by atoms with Crippen molar-refractivity contribution in [2.24, 2.45) is 11.5 Å². The zero-order valence-corrected chi connectivity index (χ0v) is 11.2. The molecule has 0 saturated heterocycles. The number of unbranched alkanes of at least 4 members (excludes halogenated alkanes) is 1. The zero-order valence-electron chi connectivity index (χ0n) is 10.4. The van der Waals surface area contributed by atoms with Gasteiger partial charge in [0.1, 0.15) is 5.75 Å².